The Labute approximate surface area is 137 Å². The Morgan fingerprint density at radius 2 is 1.79 bits per heavy atom. The maximum atomic E-state index is 13.8. The second-order valence-corrected chi connectivity index (χ2v) is 6.88. The van der Waals surface area contributed by atoms with Gasteiger partial charge in [0, 0.05) is 12.0 Å². The summed E-state index contributed by atoms with van der Waals surface area (Å²) in [4.78, 5) is 12.4. The van der Waals surface area contributed by atoms with Crippen molar-refractivity contribution in [1.29, 1.82) is 0 Å². The highest BCUT2D eigenvalue weighted by Gasteiger charge is 2.40. The Morgan fingerprint density at radius 1 is 1.17 bits per heavy atom. The lowest BCUT2D eigenvalue weighted by Gasteiger charge is -2.43. The minimum Gasteiger partial charge on any atom is -0.327 e. The lowest BCUT2D eigenvalue weighted by Crippen LogP contribution is -2.48. The quantitative estimate of drug-likeness (QED) is 0.799. The van der Waals surface area contributed by atoms with Crippen LogP contribution in [0.1, 0.15) is 37.7 Å². The van der Waals surface area contributed by atoms with E-state index in [1.807, 2.05) is 0 Å². The lowest BCUT2D eigenvalue weighted by atomic mass is 9.65. The Hall–Kier alpha value is -1.63. The van der Waals surface area contributed by atoms with Gasteiger partial charge in [-0.05, 0) is 55.7 Å². The number of carbonyl (C=O) groups is 1. The molecule has 2 atom stereocenters. The van der Waals surface area contributed by atoms with Gasteiger partial charge in [-0.3, -0.25) is 4.79 Å². The lowest BCUT2D eigenvalue weighted by molar-refractivity contribution is -0.137. The molecule has 3 nitrogen and oxygen atoms in total. The fraction of sp³-hybridized carbons (Fsp3) is 0.588. The van der Waals surface area contributed by atoms with Crippen molar-refractivity contribution in [3.05, 3.63) is 29.6 Å². The summed E-state index contributed by atoms with van der Waals surface area (Å²) in [6.07, 6.45) is -0.311. The van der Waals surface area contributed by atoms with Crippen LogP contribution in [0.4, 0.5) is 23.2 Å². The summed E-state index contributed by atoms with van der Waals surface area (Å²) in [5.41, 5.74) is 4.77. The number of hydrogen-bond donors (Lipinski definition) is 2. The largest absolute Gasteiger partial charge is 0.416 e. The van der Waals surface area contributed by atoms with Crippen molar-refractivity contribution in [2.75, 3.05) is 5.32 Å². The fourth-order valence-corrected chi connectivity index (χ4v) is 4.04. The number of rotatable bonds is 2. The number of benzene rings is 1. The molecule has 0 radical (unpaired) electrons. The van der Waals surface area contributed by atoms with Crippen molar-refractivity contribution in [1.82, 2.24) is 0 Å². The van der Waals surface area contributed by atoms with E-state index in [0.29, 0.717) is 25.0 Å². The van der Waals surface area contributed by atoms with Crippen molar-refractivity contribution in [2.24, 2.45) is 23.5 Å². The zero-order chi connectivity index (χ0) is 17.5. The molecule has 24 heavy (non-hydrogen) atoms. The molecule has 0 spiro atoms. The van der Waals surface area contributed by atoms with Gasteiger partial charge in [0.1, 0.15) is 5.82 Å². The van der Waals surface area contributed by atoms with Crippen molar-refractivity contribution < 1.29 is 22.4 Å². The molecule has 2 bridgehead atoms. The second kappa shape index (κ2) is 6.35. The molecule has 2 fully saturated rings. The summed E-state index contributed by atoms with van der Waals surface area (Å²) < 4.78 is 52.0. The van der Waals surface area contributed by atoms with Crippen LogP contribution in [0.3, 0.4) is 0 Å². The van der Waals surface area contributed by atoms with E-state index in [2.05, 4.69) is 5.32 Å². The maximum absolute atomic E-state index is 13.8. The Bertz CT molecular complexity index is 618. The molecule has 132 valence electrons. The van der Waals surface area contributed by atoms with Crippen LogP contribution in [0.25, 0.3) is 0 Å². The van der Waals surface area contributed by atoms with E-state index >= 15 is 0 Å². The summed E-state index contributed by atoms with van der Waals surface area (Å²) >= 11 is 0. The van der Waals surface area contributed by atoms with Crippen LogP contribution in [0, 0.1) is 23.6 Å². The van der Waals surface area contributed by atoms with Gasteiger partial charge in [-0.25, -0.2) is 4.39 Å². The van der Waals surface area contributed by atoms with Crippen molar-refractivity contribution in [2.45, 2.75) is 44.3 Å². The molecular formula is C17H20F4N2O. The molecule has 3 N–H and O–H groups in total. The van der Waals surface area contributed by atoms with Crippen LogP contribution < -0.4 is 11.1 Å². The average Bonchev–Trinajstić information content (AvgIpc) is 2.48. The van der Waals surface area contributed by atoms with E-state index in [4.69, 9.17) is 5.73 Å². The van der Waals surface area contributed by atoms with Crippen molar-refractivity contribution in [3.63, 3.8) is 0 Å². The number of alkyl halides is 3. The number of hydrogen-bond acceptors (Lipinski definition) is 2. The first-order valence-electron chi connectivity index (χ1n) is 8.19. The number of nitrogens with two attached hydrogens (primary N) is 1. The molecule has 7 heteroatoms. The molecule has 2 unspecified atom stereocenters. The highest BCUT2D eigenvalue weighted by Crippen LogP contribution is 2.42. The zero-order valence-corrected chi connectivity index (χ0v) is 13.1. The highest BCUT2D eigenvalue weighted by atomic mass is 19.4. The van der Waals surface area contributed by atoms with Gasteiger partial charge in [0.25, 0.3) is 0 Å². The predicted molar refractivity (Wildman–Crippen MR) is 81.6 cm³/mol. The Kier molecular flexibility index (Phi) is 4.55. The number of halogens is 4. The van der Waals surface area contributed by atoms with E-state index < -0.39 is 29.2 Å². The molecular weight excluding hydrogens is 324 g/mol. The van der Waals surface area contributed by atoms with E-state index in [1.54, 1.807) is 0 Å². The molecule has 2 aliphatic carbocycles. The van der Waals surface area contributed by atoms with Crippen LogP contribution in [0.15, 0.2) is 18.2 Å². The first kappa shape index (κ1) is 17.2. The van der Waals surface area contributed by atoms with Gasteiger partial charge >= 0.3 is 6.18 Å². The standard InChI is InChI=1S/C17H20F4N2O/c18-13-5-4-12(17(19,20)21)8-14(13)23-16(24)11-6-9-2-1-3-10(7-11)15(9)22/h4-5,8-11,15H,1-3,6-7,22H2,(H,23,24). The van der Waals surface area contributed by atoms with Gasteiger partial charge in [-0.2, -0.15) is 13.2 Å². The third kappa shape index (κ3) is 3.41. The summed E-state index contributed by atoms with van der Waals surface area (Å²) in [5, 5.41) is 2.34. The zero-order valence-electron chi connectivity index (χ0n) is 13.1. The predicted octanol–water partition coefficient (Wildman–Crippen LogP) is 3.94. The third-order valence-electron chi connectivity index (χ3n) is 5.34. The number of amides is 1. The average molecular weight is 344 g/mol. The van der Waals surface area contributed by atoms with Crippen LogP contribution in [0.5, 0.6) is 0 Å². The number of fused-ring (bicyclic) bond motifs is 2. The second-order valence-electron chi connectivity index (χ2n) is 6.88. The Morgan fingerprint density at radius 3 is 2.38 bits per heavy atom. The van der Waals surface area contributed by atoms with Gasteiger partial charge in [0.2, 0.25) is 5.91 Å². The Balaban J connectivity index is 1.73. The van der Waals surface area contributed by atoms with E-state index in [9.17, 15) is 22.4 Å². The summed E-state index contributed by atoms with van der Waals surface area (Å²) in [6, 6.07) is 2.12. The third-order valence-corrected chi connectivity index (χ3v) is 5.34. The van der Waals surface area contributed by atoms with Crippen molar-refractivity contribution in [3.8, 4) is 0 Å². The topological polar surface area (TPSA) is 55.1 Å². The molecule has 0 heterocycles. The van der Waals surface area contributed by atoms with Crippen LogP contribution in [0.2, 0.25) is 0 Å². The molecule has 1 aromatic carbocycles. The van der Waals surface area contributed by atoms with E-state index in [0.717, 1.165) is 25.3 Å². The van der Waals surface area contributed by atoms with Crippen molar-refractivity contribution >= 4 is 11.6 Å². The van der Waals surface area contributed by atoms with Crippen LogP contribution in [-0.2, 0) is 11.0 Å². The molecule has 0 aliphatic heterocycles. The molecule has 2 aliphatic rings. The van der Waals surface area contributed by atoms with Gasteiger partial charge in [0.15, 0.2) is 0 Å². The molecule has 1 aromatic rings. The molecule has 1 amide bonds. The van der Waals surface area contributed by atoms with E-state index in [1.165, 1.54) is 0 Å². The first-order chi connectivity index (χ1) is 11.3. The van der Waals surface area contributed by atoms with E-state index in [-0.39, 0.29) is 23.8 Å². The minimum absolute atomic E-state index is 0.0908. The normalized spacial score (nSPS) is 30.0. The summed E-state index contributed by atoms with van der Waals surface area (Å²) in [7, 11) is 0. The number of carbonyl (C=O) groups excluding carboxylic acids is 1. The van der Waals surface area contributed by atoms with Gasteiger partial charge in [-0.15, -0.1) is 0 Å². The smallest absolute Gasteiger partial charge is 0.327 e. The minimum atomic E-state index is -4.58. The summed E-state index contributed by atoms with van der Waals surface area (Å²) in [6.45, 7) is 0. The SMILES string of the molecule is NC1C2CCCC1CC(C(=O)Nc1cc(C(F)(F)F)ccc1F)C2. The maximum Gasteiger partial charge on any atom is 0.416 e. The molecule has 2 saturated carbocycles. The molecule has 0 saturated heterocycles. The van der Waals surface area contributed by atoms with Crippen LogP contribution in [-0.4, -0.2) is 11.9 Å². The van der Waals surface area contributed by atoms with Gasteiger partial charge in [-0.1, -0.05) is 6.42 Å². The fourth-order valence-electron chi connectivity index (χ4n) is 4.04. The number of nitrogens with one attached hydrogen (secondary N) is 1. The summed E-state index contributed by atoms with van der Waals surface area (Å²) in [5.74, 6) is -1.09. The number of anilines is 1. The molecule has 0 aromatic heterocycles. The highest BCUT2D eigenvalue weighted by molar-refractivity contribution is 5.92. The first-order valence-corrected chi connectivity index (χ1v) is 8.19. The van der Waals surface area contributed by atoms with Gasteiger partial charge in [0.05, 0.1) is 11.3 Å². The van der Waals surface area contributed by atoms with Crippen LogP contribution >= 0.6 is 0 Å². The molecule has 3 rings (SSSR count). The van der Waals surface area contributed by atoms with Gasteiger partial charge < -0.3 is 11.1 Å². The monoisotopic (exact) mass is 344 g/mol.